The molecule has 0 radical (unpaired) electrons. The molecule has 1 atom stereocenters. The predicted octanol–water partition coefficient (Wildman–Crippen LogP) is 3.19. The van der Waals surface area contributed by atoms with Crippen molar-refractivity contribution in [1.29, 1.82) is 0 Å². The molecule has 7 nitrogen and oxygen atoms in total. The molecule has 2 heterocycles. The van der Waals surface area contributed by atoms with Crippen molar-refractivity contribution in [1.82, 2.24) is 25.4 Å². The molecule has 9 heteroatoms. The zero-order chi connectivity index (χ0) is 19.0. The number of alkyl halides is 2. The smallest absolute Gasteiger partial charge is 0.315 e. The summed E-state index contributed by atoms with van der Waals surface area (Å²) in [6, 6.07) is 5.28. The van der Waals surface area contributed by atoms with Crippen LogP contribution in [0.25, 0.3) is 11.4 Å². The van der Waals surface area contributed by atoms with Crippen LogP contribution in [0.3, 0.4) is 0 Å². The Morgan fingerprint density at radius 3 is 2.85 bits per heavy atom. The molecule has 0 spiro atoms. The van der Waals surface area contributed by atoms with E-state index in [0.717, 1.165) is 24.0 Å². The molecular formula is C18H15F2N5O2. The van der Waals surface area contributed by atoms with E-state index in [-0.39, 0.29) is 17.8 Å². The van der Waals surface area contributed by atoms with Gasteiger partial charge in [-0.2, -0.15) is 13.8 Å². The van der Waals surface area contributed by atoms with Crippen molar-refractivity contribution in [2.24, 2.45) is 0 Å². The Balaban J connectivity index is 1.54. The highest BCUT2D eigenvalue weighted by atomic mass is 19.3. The molecule has 0 aliphatic heterocycles. The van der Waals surface area contributed by atoms with Crippen LogP contribution in [-0.2, 0) is 6.42 Å². The highest BCUT2D eigenvalue weighted by Crippen LogP contribution is 2.34. The van der Waals surface area contributed by atoms with Crippen molar-refractivity contribution in [3.63, 3.8) is 0 Å². The topological polar surface area (TPSA) is 93.8 Å². The Kier molecular flexibility index (Phi) is 4.35. The van der Waals surface area contributed by atoms with Crippen LogP contribution in [0.1, 0.15) is 52.1 Å². The molecule has 1 N–H and O–H groups in total. The third-order valence-corrected chi connectivity index (χ3v) is 4.51. The number of fused-ring (bicyclic) bond motifs is 1. The Morgan fingerprint density at radius 2 is 2.11 bits per heavy atom. The average Bonchev–Trinajstić information content (AvgIpc) is 3.29. The van der Waals surface area contributed by atoms with Crippen molar-refractivity contribution >= 4 is 5.91 Å². The molecule has 0 bridgehead atoms. The molecule has 3 aromatic rings. The Bertz CT molecular complexity index is 1000. The summed E-state index contributed by atoms with van der Waals surface area (Å²) >= 11 is 0. The van der Waals surface area contributed by atoms with Gasteiger partial charge in [-0.05, 0) is 37.0 Å². The van der Waals surface area contributed by atoms with Crippen LogP contribution in [0.4, 0.5) is 8.78 Å². The van der Waals surface area contributed by atoms with E-state index in [0.29, 0.717) is 17.0 Å². The SMILES string of the molecule is Cc1nccnc1C(=O)NC1CCc2cc(-c3noc(C(F)F)n3)ccc21. The summed E-state index contributed by atoms with van der Waals surface area (Å²) < 4.78 is 29.8. The molecule has 0 fully saturated rings. The van der Waals surface area contributed by atoms with E-state index in [2.05, 4.69) is 29.9 Å². The number of hydrogen-bond donors (Lipinski definition) is 1. The standard InChI is InChI=1S/C18H15F2N5O2/c1-9-14(22-7-6-21-9)17(26)23-13-5-3-10-8-11(2-4-12(10)13)16-24-18(15(19)20)27-25-16/h2,4,6-8,13,15H,3,5H2,1H3,(H,23,26). The van der Waals surface area contributed by atoms with Gasteiger partial charge in [0.1, 0.15) is 5.69 Å². The van der Waals surface area contributed by atoms with Gasteiger partial charge in [0.15, 0.2) is 0 Å². The molecule has 1 aliphatic rings. The quantitative estimate of drug-likeness (QED) is 0.757. The first-order valence-electron chi connectivity index (χ1n) is 8.36. The van der Waals surface area contributed by atoms with Gasteiger partial charge in [-0.3, -0.25) is 9.78 Å². The molecule has 1 aliphatic carbocycles. The van der Waals surface area contributed by atoms with E-state index in [1.807, 2.05) is 12.1 Å². The van der Waals surface area contributed by atoms with Gasteiger partial charge in [0.2, 0.25) is 5.82 Å². The van der Waals surface area contributed by atoms with E-state index < -0.39 is 12.3 Å². The number of hydrogen-bond acceptors (Lipinski definition) is 6. The van der Waals surface area contributed by atoms with Crippen LogP contribution in [-0.4, -0.2) is 26.0 Å². The van der Waals surface area contributed by atoms with Crippen molar-refractivity contribution in [3.05, 3.63) is 59.0 Å². The van der Waals surface area contributed by atoms with E-state index in [1.165, 1.54) is 12.4 Å². The lowest BCUT2D eigenvalue weighted by atomic mass is 10.0. The number of amides is 1. The number of nitrogens with one attached hydrogen (secondary N) is 1. The summed E-state index contributed by atoms with van der Waals surface area (Å²) in [4.78, 5) is 24.3. The maximum absolute atomic E-state index is 12.6. The minimum atomic E-state index is -2.80. The molecule has 0 saturated carbocycles. The highest BCUT2D eigenvalue weighted by molar-refractivity contribution is 5.93. The summed E-state index contributed by atoms with van der Waals surface area (Å²) in [5, 5.41) is 6.58. The fraction of sp³-hybridized carbons (Fsp3) is 0.278. The second kappa shape index (κ2) is 6.82. The molecule has 27 heavy (non-hydrogen) atoms. The highest BCUT2D eigenvalue weighted by Gasteiger charge is 2.26. The zero-order valence-corrected chi connectivity index (χ0v) is 14.3. The number of halogens is 2. The van der Waals surface area contributed by atoms with E-state index >= 15 is 0 Å². The summed E-state index contributed by atoms with van der Waals surface area (Å²) in [5.41, 5.74) is 3.45. The van der Waals surface area contributed by atoms with Crippen LogP contribution in [0.5, 0.6) is 0 Å². The number of benzene rings is 1. The number of carbonyl (C=O) groups excluding carboxylic acids is 1. The van der Waals surface area contributed by atoms with Gasteiger partial charge in [-0.15, -0.1) is 0 Å². The average molecular weight is 371 g/mol. The van der Waals surface area contributed by atoms with Crippen LogP contribution in [0.15, 0.2) is 35.1 Å². The molecule has 1 amide bonds. The fourth-order valence-electron chi connectivity index (χ4n) is 3.20. The number of rotatable bonds is 4. The van der Waals surface area contributed by atoms with Crippen LogP contribution >= 0.6 is 0 Å². The monoisotopic (exact) mass is 371 g/mol. The largest absolute Gasteiger partial charge is 0.344 e. The van der Waals surface area contributed by atoms with Gasteiger partial charge in [0.05, 0.1) is 11.7 Å². The molecule has 4 rings (SSSR count). The van der Waals surface area contributed by atoms with Gasteiger partial charge >= 0.3 is 6.43 Å². The van der Waals surface area contributed by atoms with Gasteiger partial charge in [0.25, 0.3) is 11.8 Å². The van der Waals surface area contributed by atoms with E-state index in [1.54, 1.807) is 13.0 Å². The van der Waals surface area contributed by atoms with Crippen molar-refractivity contribution in [2.75, 3.05) is 0 Å². The van der Waals surface area contributed by atoms with Crippen LogP contribution in [0.2, 0.25) is 0 Å². The molecule has 1 unspecified atom stereocenters. The maximum Gasteiger partial charge on any atom is 0.315 e. The number of carbonyl (C=O) groups is 1. The molecule has 0 saturated heterocycles. The lowest BCUT2D eigenvalue weighted by molar-refractivity contribution is 0.0930. The van der Waals surface area contributed by atoms with Crippen molar-refractivity contribution < 1.29 is 18.1 Å². The lowest BCUT2D eigenvalue weighted by Crippen LogP contribution is -2.28. The van der Waals surface area contributed by atoms with E-state index in [4.69, 9.17) is 0 Å². The fourth-order valence-corrected chi connectivity index (χ4v) is 3.20. The summed E-state index contributed by atoms with van der Waals surface area (Å²) in [5.74, 6) is -0.854. The molecule has 2 aromatic heterocycles. The minimum Gasteiger partial charge on any atom is -0.344 e. The Labute approximate surface area is 152 Å². The third-order valence-electron chi connectivity index (χ3n) is 4.51. The van der Waals surface area contributed by atoms with Gasteiger partial charge in [-0.25, -0.2) is 4.98 Å². The number of aryl methyl sites for hydroxylation is 2. The lowest BCUT2D eigenvalue weighted by Gasteiger charge is -2.14. The Hall–Kier alpha value is -3.23. The second-order valence-corrected chi connectivity index (χ2v) is 6.23. The zero-order valence-electron chi connectivity index (χ0n) is 14.3. The number of nitrogens with zero attached hydrogens (tertiary/aromatic N) is 4. The second-order valence-electron chi connectivity index (χ2n) is 6.23. The third kappa shape index (κ3) is 3.27. The number of aromatic nitrogens is 4. The van der Waals surface area contributed by atoms with Gasteiger partial charge in [-0.1, -0.05) is 17.3 Å². The Morgan fingerprint density at radius 1 is 1.30 bits per heavy atom. The maximum atomic E-state index is 12.6. The first kappa shape index (κ1) is 17.2. The van der Waals surface area contributed by atoms with Crippen molar-refractivity contribution in [3.8, 4) is 11.4 Å². The molecular weight excluding hydrogens is 356 g/mol. The normalized spacial score (nSPS) is 15.8. The first-order chi connectivity index (χ1) is 13.0. The summed E-state index contributed by atoms with van der Waals surface area (Å²) in [6.07, 6.45) is 1.70. The van der Waals surface area contributed by atoms with Gasteiger partial charge in [0, 0.05) is 18.0 Å². The van der Waals surface area contributed by atoms with Crippen LogP contribution < -0.4 is 5.32 Å². The minimum absolute atomic E-state index is 0.121. The summed E-state index contributed by atoms with van der Waals surface area (Å²) in [6.45, 7) is 1.73. The van der Waals surface area contributed by atoms with E-state index in [9.17, 15) is 13.6 Å². The summed E-state index contributed by atoms with van der Waals surface area (Å²) in [7, 11) is 0. The van der Waals surface area contributed by atoms with Crippen molar-refractivity contribution in [2.45, 2.75) is 32.2 Å². The first-order valence-corrected chi connectivity index (χ1v) is 8.36. The van der Waals surface area contributed by atoms with Gasteiger partial charge < -0.3 is 9.84 Å². The molecule has 1 aromatic carbocycles. The predicted molar refractivity (Wildman–Crippen MR) is 90.0 cm³/mol. The molecule has 138 valence electrons. The van der Waals surface area contributed by atoms with Crippen LogP contribution in [0, 0.1) is 6.92 Å².